The lowest BCUT2D eigenvalue weighted by Crippen LogP contribution is -2.09. The maximum absolute atomic E-state index is 12.5. The van der Waals surface area contributed by atoms with E-state index in [2.05, 4.69) is 15.4 Å². The summed E-state index contributed by atoms with van der Waals surface area (Å²) >= 11 is 0. The van der Waals surface area contributed by atoms with Crippen molar-refractivity contribution in [1.29, 1.82) is 0 Å². The van der Waals surface area contributed by atoms with Crippen molar-refractivity contribution in [3.63, 3.8) is 0 Å². The Balaban J connectivity index is 2.41. The molecule has 1 heterocycles. The van der Waals surface area contributed by atoms with Crippen LogP contribution in [-0.2, 0) is 0 Å². The highest BCUT2D eigenvalue weighted by molar-refractivity contribution is 5.57. The summed E-state index contributed by atoms with van der Waals surface area (Å²) in [6.07, 6.45) is -1.00. The van der Waals surface area contributed by atoms with E-state index in [1.165, 1.54) is 18.3 Å². The predicted molar refractivity (Wildman–Crippen MR) is 60.2 cm³/mol. The molecular weight excluding hydrogens is 226 g/mol. The van der Waals surface area contributed by atoms with Crippen LogP contribution in [0.3, 0.4) is 0 Å². The van der Waals surface area contributed by atoms with Crippen molar-refractivity contribution in [1.82, 2.24) is 9.97 Å². The van der Waals surface area contributed by atoms with Gasteiger partial charge in [-0.3, -0.25) is 0 Å². The van der Waals surface area contributed by atoms with Crippen molar-refractivity contribution in [2.75, 3.05) is 5.43 Å². The van der Waals surface area contributed by atoms with Crippen molar-refractivity contribution in [3.8, 4) is 11.4 Å². The Morgan fingerprint density at radius 3 is 2.76 bits per heavy atom. The van der Waals surface area contributed by atoms with Crippen molar-refractivity contribution in [3.05, 3.63) is 42.1 Å². The highest BCUT2D eigenvalue weighted by Crippen LogP contribution is 2.23. The standard InChI is InChI=1S/C11H10F2N4/c12-10(13)7-2-1-3-8(6-7)11-15-5-4-9(16-11)17-14/h1-6,10H,14H2,(H,15,16,17). The molecule has 1 aromatic carbocycles. The van der Waals surface area contributed by atoms with Crippen LogP contribution in [0.25, 0.3) is 11.4 Å². The van der Waals surface area contributed by atoms with E-state index in [9.17, 15) is 8.78 Å². The Kier molecular flexibility index (Phi) is 3.24. The molecule has 0 aliphatic carbocycles. The first-order valence-corrected chi connectivity index (χ1v) is 4.89. The van der Waals surface area contributed by atoms with Crippen LogP contribution < -0.4 is 11.3 Å². The molecule has 0 bridgehead atoms. The van der Waals surface area contributed by atoms with Crippen LogP contribution in [0.2, 0.25) is 0 Å². The highest BCUT2D eigenvalue weighted by Gasteiger charge is 2.09. The molecule has 88 valence electrons. The van der Waals surface area contributed by atoms with Crippen molar-refractivity contribution in [2.45, 2.75) is 6.43 Å². The number of anilines is 1. The molecule has 2 rings (SSSR count). The van der Waals surface area contributed by atoms with Gasteiger partial charge in [0, 0.05) is 23.4 Å². The molecule has 1 aromatic heterocycles. The van der Waals surface area contributed by atoms with Crippen molar-refractivity contribution < 1.29 is 8.78 Å². The summed E-state index contributed by atoms with van der Waals surface area (Å²) < 4.78 is 25.1. The van der Waals surface area contributed by atoms with Crippen LogP contribution in [-0.4, -0.2) is 9.97 Å². The summed E-state index contributed by atoms with van der Waals surface area (Å²) in [6, 6.07) is 7.52. The number of aromatic nitrogens is 2. The minimum Gasteiger partial charge on any atom is -0.308 e. The Labute approximate surface area is 96.5 Å². The second-order valence-corrected chi connectivity index (χ2v) is 3.34. The number of nitrogen functional groups attached to an aromatic ring is 1. The van der Waals surface area contributed by atoms with Gasteiger partial charge < -0.3 is 5.43 Å². The fourth-order valence-corrected chi connectivity index (χ4v) is 1.39. The Morgan fingerprint density at radius 1 is 1.24 bits per heavy atom. The second-order valence-electron chi connectivity index (χ2n) is 3.34. The third kappa shape index (κ3) is 2.54. The summed E-state index contributed by atoms with van der Waals surface area (Å²) in [5.74, 6) is 5.99. The monoisotopic (exact) mass is 236 g/mol. The summed E-state index contributed by atoms with van der Waals surface area (Å²) in [4.78, 5) is 8.08. The molecule has 0 fully saturated rings. The molecule has 0 aliphatic heterocycles. The van der Waals surface area contributed by atoms with Gasteiger partial charge in [-0.25, -0.2) is 24.6 Å². The van der Waals surface area contributed by atoms with Gasteiger partial charge >= 0.3 is 0 Å². The number of hydrogen-bond acceptors (Lipinski definition) is 4. The molecule has 2 aromatic rings. The predicted octanol–water partition coefficient (Wildman–Crippen LogP) is 2.37. The first-order chi connectivity index (χ1) is 8.20. The van der Waals surface area contributed by atoms with Gasteiger partial charge in [0.25, 0.3) is 6.43 Å². The van der Waals surface area contributed by atoms with Gasteiger partial charge in [-0.1, -0.05) is 18.2 Å². The topological polar surface area (TPSA) is 63.8 Å². The molecule has 0 amide bonds. The number of benzene rings is 1. The van der Waals surface area contributed by atoms with E-state index >= 15 is 0 Å². The minimum atomic E-state index is -2.51. The van der Waals surface area contributed by atoms with Crippen LogP contribution in [0.1, 0.15) is 12.0 Å². The fraction of sp³-hybridized carbons (Fsp3) is 0.0909. The molecule has 0 aliphatic rings. The lowest BCUT2D eigenvalue weighted by Gasteiger charge is -2.05. The largest absolute Gasteiger partial charge is 0.308 e. The summed E-state index contributed by atoms with van der Waals surface area (Å²) in [7, 11) is 0. The zero-order valence-electron chi connectivity index (χ0n) is 8.77. The van der Waals surface area contributed by atoms with Gasteiger partial charge in [0.15, 0.2) is 5.82 Å². The number of nitrogens with one attached hydrogen (secondary N) is 1. The van der Waals surface area contributed by atoms with Gasteiger partial charge in [0.05, 0.1) is 0 Å². The average molecular weight is 236 g/mol. The van der Waals surface area contributed by atoms with Crippen molar-refractivity contribution >= 4 is 5.82 Å². The molecule has 0 saturated heterocycles. The first-order valence-electron chi connectivity index (χ1n) is 4.89. The normalized spacial score (nSPS) is 10.6. The van der Waals surface area contributed by atoms with E-state index in [0.717, 1.165) is 0 Å². The molecule has 0 saturated carbocycles. The SMILES string of the molecule is NNc1ccnc(-c2cccc(C(F)F)c2)n1. The number of nitrogens with zero attached hydrogens (tertiary/aromatic N) is 2. The molecular formula is C11H10F2N4. The Hall–Kier alpha value is -2.08. The van der Waals surface area contributed by atoms with Gasteiger partial charge in [-0.2, -0.15) is 0 Å². The zero-order valence-corrected chi connectivity index (χ0v) is 8.77. The molecule has 0 spiro atoms. The molecule has 0 radical (unpaired) electrons. The third-order valence-electron chi connectivity index (χ3n) is 2.20. The van der Waals surface area contributed by atoms with E-state index in [0.29, 0.717) is 17.2 Å². The van der Waals surface area contributed by atoms with E-state index in [-0.39, 0.29) is 5.56 Å². The van der Waals surface area contributed by atoms with Crippen molar-refractivity contribution in [2.24, 2.45) is 5.84 Å². The zero-order chi connectivity index (χ0) is 12.3. The van der Waals surface area contributed by atoms with Gasteiger partial charge in [0.1, 0.15) is 5.82 Å². The first kappa shape index (κ1) is 11.4. The molecule has 17 heavy (non-hydrogen) atoms. The number of rotatable bonds is 3. The summed E-state index contributed by atoms with van der Waals surface area (Å²) in [5, 5.41) is 0. The van der Waals surface area contributed by atoms with Crippen LogP contribution in [0.15, 0.2) is 36.5 Å². The average Bonchev–Trinajstić information content (AvgIpc) is 2.39. The number of halogens is 2. The summed E-state index contributed by atoms with van der Waals surface area (Å²) in [6.45, 7) is 0. The molecule has 3 N–H and O–H groups in total. The number of hydrogen-bond donors (Lipinski definition) is 2. The van der Waals surface area contributed by atoms with Crippen LogP contribution >= 0.6 is 0 Å². The van der Waals surface area contributed by atoms with Crippen LogP contribution in [0.4, 0.5) is 14.6 Å². The molecule has 0 atom stereocenters. The van der Waals surface area contributed by atoms with E-state index in [4.69, 9.17) is 5.84 Å². The second kappa shape index (κ2) is 4.84. The maximum Gasteiger partial charge on any atom is 0.263 e. The van der Waals surface area contributed by atoms with E-state index in [1.54, 1.807) is 18.2 Å². The lowest BCUT2D eigenvalue weighted by molar-refractivity contribution is 0.151. The quantitative estimate of drug-likeness (QED) is 0.634. The Bertz CT molecular complexity index is 516. The number of hydrazine groups is 1. The third-order valence-corrected chi connectivity index (χ3v) is 2.20. The molecule has 0 unspecified atom stereocenters. The van der Waals surface area contributed by atoms with Gasteiger partial charge in [-0.15, -0.1) is 0 Å². The lowest BCUT2D eigenvalue weighted by atomic mass is 10.1. The number of alkyl halides is 2. The fourth-order valence-electron chi connectivity index (χ4n) is 1.39. The van der Waals surface area contributed by atoms with E-state index in [1.807, 2.05) is 0 Å². The van der Waals surface area contributed by atoms with Gasteiger partial charge in [0.2, 0.25) is 0 Å². The van der Waals surface area contributed by atoms with Crippen LogP contribution in [0, 0.1) is 0 Å². The van der Waals surface area contributed by atoms with E-state index < -0.39 is 6.43 Å². The molecule has 6 heteroatoms. The van der Waals surface area contributed by atoms with Crippen LogP contribution in [0.5, 0.6) is 0 Å². The highest BCUT2D eigenvalue weighted by atomic mass is 19.3. The summed E-state index contributed by atoms with van der Waals surface area (Å²) in [5.41, 5.74) is 2.84. The Morgan fingerprint density at radius 2 is 2.06 bits per heavy atom. The number of nitrogens with two attached hydrogens (primary N) is 1. The molecule has 4 nitrogen and oxygen atoms in total. The van der Waals surface area contributed by atoms with Gasteiger partial charge in [-0.05, 0) is 6.07 Å². The maximum atomic E-state index is 12.5. The minimum absolute atomic E-state index is 0.0581. The smallest absolute Gasteiger partial charge is 0.263 e.